The van der Waals surface area contributed by atoms with Gasteiger partial charge in [0, 0.05) is 61.9 Å². The van der Waals surface area contributed by atoms with E-state index in [1.807, 2.05) is 56.3 Å². The lowest BCUT2D eigenvalue weighted by Gasteiger charge is -2.59. The topological polar surface area (TPSA) is 224 Å². The number of aryl methyl sites for hydroxylation is 2. The molecule has 18 nitrogen and oxygen atoms in total. The van der Waals surface area contributed by atoms with Crippen LogP contribution in [0.25, 0.3) is 0 Å². The Labute approximate surface area is 434 Å². The zero-order valence-corrected chi connectivity index (χ0v) is 41.8. The molecule has 2 heterocycles. The summed E-state index contributed by atoms with van der Waals surface area (Å²) >= 11 is 0. The maximum atomic E-state index is 15.3. The first kappa shape index (κ1) is 52.1. The van der Waals surface area contributed by atoms with Crippen molar-refractivity contribution in [2.75, 3.05) is 26.6 Å². The Bertz CT molecular complexity index is 2960. The molecule has 1 saturated carbocycles. The molecule has 0 saturated heterocycles. The van der Waals surface area contributed by atoms with E-state index >= 15 is 4.79 Å². The molecule has 5 aromatic carbocycles. The number of carbonyl (C=O) groups is 1. The van der Waals surface area contributed by atoms with Crippen LogP contribution in [-0.2, 0) is 22.7 Å². The maximum absolute atomic E-state index is 15.3. The number of aliphatic hydroxyl groups excluding tert-OH is 2. The molecule has 5 aromatic rings. The van der Waals surface area contributed by atoms with Crippen molar-refractivity contribution in [1.29, 1.82) is 0 Å². The van der Waals surface area contributed by atoms with Gasteiger partial charge in [0.1, 0.15) is 35.6 Å². The summed E-state index contributed by atoms with van der Waals surface area (Å²) in [5, 5.41) is 48.2. The van der Waals surface area contributed by atoms with E-state index in [1.165, 1.54) is 41.3 Å². The number of nitro groups is 2. The van der Waals surface area contributed by atoms with Crippen molar-refractivity contribution in [3.05, 3.63) is 175 Å². The van der Waals surface area contributed by atoms with Gasteiger partial charge in [-0.3, -0.25) is 25.1 Å². The minimum atomic E-state index is -1.69. The van der Waals surface area contributed by atoms with Crippen LogP contribution in [-0.4, -0.2) is 75.2 Å². The van der Waals surface area contributed by atoms with Gasteiger partial charge in [-0.2, -0.15) is 0 Å². The highest BCUT2D eigenvalue weighted by Gasteiger charge is 2.66. The summed E-state index contributed by atoms with van der Waals surface area (Å²) in [4.78, 5) is 45.2. The minimum Gasteiger partial charge on any atom is -0.459 e. The third kappa shape index (κ3) is 11.3. The number of rotatable bonds is 22. The van der Waals surface area contributed by atoms with Gasteiger partial charge in [0.2, 0.25) is 12.6 Å². The van der Waals surface area contributed by atoms with Gasteiger partial charge < -0.3 is 43.5 Å². The highest BCUT2D eigenvalue weighted by atomic mass is 16.7. The Kier molecular flexibility index (Phi) is 16.1. The molecule has 2 aliphatic heterocycles. The van der Waals surface area contributed by atoms with E-state index in [-0.39, 0.29) is 75.1 Å². The normalized spacial score (nSPS) is 21.5. The van der Waals surface area contributed by atoms with Crippen molar-refractivity contribution >= 4 is 23.2 Å². The van der Waals surface area contributed by atoms with Crippen molar-refractivity contribution in [3.8, 4) is 34.5 Å². The Balaban J connectivity index is 1.24. The third-order valence-electron chi connectivity index (χ3n) is 14.6. The van der Waals surface area contributed by atoms with Gasteiger partial charge in [-0.15, -0.1) is 6.58 Å². The predicted octanol–water partition coefficient (Wildman–Crippen LogP) is 11.2. The van der Waals surface area contributed by atoms with E-state index < -0.39 is 39.6 Å². The molecule has 9 rings (SSSR count). The molecule has 18 heteroatoms. The zero-order chi connectivity index (χ0) is 52.6. The molecule has 0 bridgehead atoms. The van der Waals surface area contributed by atoms with Crippen LogP contribution < -0.4 is 23.7 Å². The lowest BCUT2D eigenvalue weighted by atomic mass is 9.55. The summed E-state index contributed by atoms with van der Waals surface area (Å²) in [5.74, 6) is -0.177. The fourth-order valence-corrected chi connectivity index (χ4v) is 10.9. The predicted molar refractivity (Wildman–Crippen MR) is 276 cm³/mol. The minimum absolute atomic E-state index is 0.00574. The van der Waals surface area contributed by atoms with Crippen LogP contribution in [0.3, 0.4) is 0 Å². The first-order valence-electron chi connectivity index (χ1n) is 25.2. The molecule has 4 aliphatic rings. The molecule has 2 N–H and O–H groups in total. The van der Waals surface area contributed by atoms with Crippen LogP contribution in [0.2, 0.25) is 0 Å². The number of non-ortho nitro benzene ring substituents is 2. The molecule has 0 radical (unpaired) electrons. The molecule has 1 fully saturated rings. The lowest BCUT2D eigenvalue weighted by Crippen LogP contribution is -2.70. The monoisotopic (exact) mass is 1020 g/mol. The van der Waals surface area contributed by atoms with Crippen molar-refractivity contribution < 1.29 is 58.1 Å². The number of oxime groups is 1. The fraction of sp³-hybridized carbons (Fsp3) is 0.368. The standard InChI is InChI=1S/C57H60N4O14/c1-4-27-71-57-53(59(33-39-14-23-51-52(29-39)70-35-69-51)56(64)74-43-20-17-42(18-21-43)61(67)68)32-49(58-72-34-38-12-15-41(16-13-38)60(65)66)47-30-40(9-5-7-25-62)46(10-6-8-26-63)54(55(47)57)48-31-45(22-24-50(48)75-57)73-44-19-11-36(2)37(3)28-44/h4,11-24,28-31,40,46,53-55,62-63H,1,5-10,25-27,32-35H2,2-3H3. The molecular formula is C57H60N4O14. The van der Waals surface area contributed by atoms with E-state index in [2.05, 4.69) is 12.7 Å². The smallest absolute Gasteiger partial charge is 0.416 e. The van der Waals surface area contributed by atoms with Crippen molar-refractivity contribution in [1.82, 2.24) is 4.90 Å². The number of hydrogen-bond acceptors (Lipinski definition) is 15. The average molecular weight is 1030 g/mol. The second kappa shape index (κ2) is 23.2. The highest BCUT2D eigenvalue weighted by Crippen LogP contribution is 2.62. The van der Waals surface area contributed by atoms with Gasteiger partial charge in [-0.1, -0.05) is 42.3 Å². The Morgan fingerprint density at radius 1 is 0.800 bits per heavy atom. The van der Waals surface area contributed by atoms with Crippen LogP contribution in [0.1, 0.15) is 78.7 Å². The average Bonchev–Trinajstić information content (AvgIpc) is 3.88. The fourth-order valence-electron chi connectivity index (χ4n) is 10.9. The van der Waals surface area contributed by atoms with Crippen molar-refractivity contribution in [2.24, 2.45) is 22.9 Å². The number of carbonyl (C=O) groups excluding carboxylic acids is 1. The molecule has 0 spiro atoms. The number of aliphatic hydroxyl groups is 2. The summed E-state index contributed by atoms with van der Waals surface area (Å²) in [7, 11) is 0. The Hall–Kier alpha value is -7.80. The van der Waals surface area contributed by atoms with E-state index in [1.54, 1.807) is 30.3 Å². The lowest BCUT2D eigenvalue weighted by molar-refractivity contribution is -0.385. The Morgan fingerprint density at radius 3 is 2.16 bits per heavy atom. The van der Waals surface area contributed by atoms with E-state index in [0.717, 1.165) is 28.7 Å². The number of fused-ring (bicyclic) bond motifs is 3. The number of benzene rings is 5. The van der Waals surface area contributed by atoms with Crippen LogP contribution in [0.4, 0.5) is 16.2 Å². The summed E-state index contributed by atoms with van der Waals surface area (Å²) < 4.78 is 38.8. The molecule has 1 amide bonds. The van der Waals surface area contributed by atoms with Crippen LogP contribution in [0, 0.1) is 51.8 Å². The first-order valence-corrected chi connectivity index (χ1v) is 25.2. The van der Waals surface area contributed by atoms with E-state index in [9.17, 15) is 30.4 Å². The zero-order valence-electron chi connectivity index (χ0n) is 41.8. The number of amides is 1. The molecule has 392 valence electrons. The second-order valence-electron chi connectivity index (χ2n) is 19.3. The maximum Gasteiger partial charge on any atom is 0.416 e. The summed E-state index contributed by atoms with van der Waals surface area (Å²) in [6.07, 6.45) is 6.98. The van der Waals surface area contributed by atoms with Crippen molar-refractivity contribution in [2.45, 2.75) is 89.7 Å². The summed E-state index contributed by atoms with van der Waals surface area (Å²) in [5.41, 5.74) is 5.32. The number of ether oxygens (including phenoxy) is 6. The molecule has 2 aliphatic carbocycles. The summed E-state index contributed by atoms with van der Waals surface area (Å²) in [6, 6.07) is 27.2. The van der Waals surface area contributed by atoms with Crippen LogP contribution in [0.15, 0.2) is 133 Å². The number of nitrogens with zero attached hydrogens (tertiary/aromatic N) is 4. The number of unbranched alkanes of at least 4 members (excludes halogenated alkanes) is 2. The quantitative estimate of drug-likeness (QED) is 0.0285. The van der Waals surface area contributed by atoms with Gasteiger partial charge in [-0.25, -0.2) is 4.79 Å². The van der Waals surface area contributed by atoms with Gasteiger partial charge >= 0.3 is 6.09 Å². The Morgan fingerprint density at radius 2 is 1.45 bits per heavy atom. The number of allylic oxidation sites excluding steroid dienone is 1. The second-order valence-corrected chi connectivity index (χ2v) is 19.3. The van der Waals surface area contributed by atoms with Gasteiger partial charge in [0.05, 0.1) is 28.1 Å². The molecule has 6 unspecified atom stereocenters. The van der Waals surface area contributed by atoms with Gasteiger partial charge in [-0.05, 0) is 146 Å². The van der Waals surface area contributed by atoms with Gasteiger partial charge in [0.15, 0.2) is 11.5 Å². The van der Waals surface area contributed by atoms with Crippen molar-refractivity contribution in [3.63, 3.8) is 0 Å². The SMILES string of the molecule is C=CCOC12Oc3ccc(Oc4ccc(C)c(C)c4)cc3C3C(CCCCO)C(CCCCO)C=C(C(=NOCc4ccc([N+](=O)[O-])cc4)CC1N(Cc1ccc4c(c1)OCO4)C(=O)Oc1ccc([N+](=O)[O-])cc1)C32. The molecular weight excluding hydrogens is 965 g/mol. The van der Waals surface area contributed by atoms with Crippen LogP contribution >= 0.6 is 0 Å². The van der Waals surface area contributed by atoms with Gasteiger partial charge in [0.25, 0.3) is 11.4 Å². The molecule has 0 aromatic heterocycles. The van der Waals surface area contributed by atoms with E-state index in [0.29, 0.717) is 77.7 Å². The first-order chi connectivity index (χ1) is 36.4. The highest BCUT2D eigenvalue weighted by molar-refractivity contribution is 6.03. The largest absolute Gasteiger partial charge is 0.459 e. The number of nitro benzene ring substituents is 2. The molecule has 75 heavy (non-hydrogen) atoms. The van der Waals surface area contributed by atoms with E-state index in [4.69, 9.17) is 38.4 Å². The third-order valence-corrected chi connectivity index (χ3v) is 14.6. The summed E-state index contributed by atoms with van der Waals surface area (Å²) in [6.45, 7) is 8.03. The molecule has 6 atom stereocenters. The number of hydrogen-bond donors (Lipinski definition) is 2. The van der Waals surface area contributed by atoms with Crippen LogP contribution in [0.5, 0.6) is 34.5 Å².